The normalized spacial score (nSPS) is 18.4. The summed E-state index contributed by atoms with van der Waals surface area (Å²) in [6, 6.07) is 19.1. The van der Waals surface area contributed by atoms with E-state index in [4.69, 9.17) is 9.47 Å². The van der Waals surface area contributed by atoms with Crippen LogP contribution in [0.4, 0.5) is 0 Å². The Morgan fingerprint density at radius 2 is 1.71 bits per heavy atom. The quantitative estimate of drug-likeness (QED) is 0.392. The van der Waals surface area contributed by atoms with Gasteiger partial charge in [-0.15, -0.1) is 0 Å². The SMILES string of the molecule is CC.CCOC(=O)CC1c2ccc(C)c(c2)CN(CO)C[C@H](Oc2ccccc2C)c2cc1cc1c2CN(C)CC1.O. The van der Waals surface area contributed by atoms with Crippen molar-refractivity contribution in [1.82, 2.24) is 9.80 Å². The molecule has 2 aliphatic rings. The van der Waals surface area contributed by atoms with Crippen molar-refractivity contribution in [3.8, 4) is 5.75 Å². The van der Waals surface area contributed by atoms with Gasteiger partial charge in [0.05, 0.1) is 19.8 Å². The van der Waals surface area contributed by atoms with Gasteiger partial charge in [0.15, 0.2) is 0 Å². The second-order valence-corrected chi connectivity index (χ2v) is 11.0. The highest BCUT2D eigenvalue weighted by molar-refractivity contribution is 5.71. The molecule has 2 heterocycles. The first kappa shape index (κ1) is 33.3. The van der Waals surface area contributed by atoms with Crippen LogP contribution in [-0.2, 0) is 29.0 Å². The number of rotatable bonds is 6. The number of carbonyl (C=O) groups is 1. The van der Waals surface area contributed by atoms with Crippen LogP contribution < -0.4 is 4.74 Å². The Hall–Kier alpha value is -3.23. The van der Waals surface area contributed by atoms with Crippen LogP contribution in [-0.4, -0.2) is 59.8 Å². The molecule has 3 aromatic carbocycles. The van der Waals surface area contributed by atoms with Gasteiger partial charge in [0, 0.05) is 32.1 Å². The van der Waals surface area contributed by atoms with E-state index in [1.54, 1.807) is 0 Å². The third-order valence-corrected chi connectivity index (χ3v) is 8.17. The number of nitrogens with zero attached hydrogens (tertiary/aromatic N) is 2. The van der Waals surface area contributed by atoms with E-state index in [1.165, 1.54) is 11.1 Å². The summed E-state index contributed by atoms with van der Waals surface area (Å²) < 4.78 is 12.2. The standard InChI is InChI=1S/C33H40N2O4.C2H6.H2O/c1-5-38-33(37)17-28-24-11-10-22(2)27(15-24)18-35(21-36)20-32(39-31-9-7-6-8-23(31)3)29-16-26(28)14-25-12-13-34(4)19-30(25)29;1-2;/h6-11,14-16,28,32,36H,5,12-13,17-21H2,1-4H3;1-2H3;1H2/t28?,32-;;/m0../s1. The Bertz CT molecular complexity index is 1340. The zero-order valence-electron chi connectivity index (χ0n) is 26.1. The van der Waals surface area contributed by atoms with Crippen LogP contribution in [0.2, 0.25) is 0 Å². The van der Waals surface area contributed by atoms with E-state index in [-0.39, 0.29) is 36.6 Å². The first-order valence-corrected chi connectivity index (χ1v) is 15.0. The zero-order valence-corrected chi connectivity index (χ0v) is 26.1. The van der Waals surface area contributed by atoms with E-state index < -0.39 is 0 Å². The molecule has 42 heavy (non-hydrogen) atoms. The van der Waals surface area contributed by atoms with Crippen molar-refractivity contribution in [3.05, 3.63) is 99.1 Å². The highest BCUT2D eigenvalue weighted by Crippen LogP contribution is 2.39. The second-order valence-electron chi connectivity index (χ2n) is 11.0. The minimum absolute atomic E-state index is 0. The summed E-state index contributed by atoms with van der Waals surface area (Å²) in [5.74, 6) is 0.522. The number of hydrogen-bond acceptors (Lipinski definition) is 6. The summed E-state index contributed by atoms with van der Waals surface area (Å²) in [6.45, 7) is 13.3. The molecule has 7 heteroatoms. The number of benzene rings is 3. The maximum Gasteiger partial charge on any atom is 0.306 e. The van der Waals surface area contributed by atoms with Crippen LogP contribution in [0.15, 0.2) is 54.6 Å². The Labute approximate surface area is 251 Å². The molecule has 0 fully saturated rings. The lowest BCUT2D eigenvalue weighted by atomic mass is 9.82. The molecule has 3 aromatic rings. The summed E-state index contributed by atoms with van der Waals surface area (Å²) in [6.07, 6.45) is 0.929. The summed E-state index contributed by atoms with van der Waals surface area (Å²) in [5.41, 5.74) is 9.34. The number of ether oxygens (including phenoxy) is 2. The maximum atomic E-state index is 12.9. The molecule has 2 atom stereocenters. The van der Waals surface area contributed by atoms with Gasteiger partial charge in [0.2, 0.25) is 0 Å². The van der Waals surface area contributed by atoms with Gasteiger partial charge in [0.1, 0.15) is 11.9 Å². The van der Waals surface area contributed by atoms with E-state index in [1.807, 2.05) is 43.9 Å². The predicted molar refractivity (Wildman–Crippen MR) is 168 cm³/mol. The molecule has 0 saturated heterocycles. The molecule has 2 aliphatic heterocycles. The van der Waals surface area contributed by atoms with Gasteiger partial charge in [-0.05, 0) is 84.8 Å². The molecule has 228 valence electrons. The molecule has 5 rings (SSSR count). The van der Waals surface area contributed by atoms with Crippen LogP contribution in [0, 0.1) is 13.8 Å². The van der Waals surface area contributed by atoms with Gasteiger partial charge in [0.25, 0.3) is 0 Å². The maximum absolute atomic E-state index is 12.9. The Morgan fingerprint density at radius 1 is 0.976 bits per heavy atom. The number of fused-ring (bicyclic) bond motifs is 6. The van der Waals surface area contributed by atoms with E-state index >= 15 is 0 Å². The van der Waals surface area contributed by atoms with E-state index in [9.17, 15) is 9.90 Å². The van der Waals surface area contributed by atoms with Crippen molar-refractivity contribution >= 4 is 5.97 Å². The van der Waals surface area contributed by atoms with Crippen molar-refractivity contribution in [2.24, 2.45) is 0 Å². The highest BCUT2D eigenvalue weighted by Gasteiger charge is 2.30. The minimum Gasteiger partial charge on any atom is -0.484 e. The van der Waals surface area contributed by atoms with Crippen molar-refractivity contribution < 1.29 is 24.9 Å². The first-order valence-electron chi connectivity index (χ1n) is 15.0. The molecule has 0 aromatic heterocycles. The van der Waals surface area contributed by atoms with Crippen molar-refractivity contribution in [2.75, 3.05) is 33.5 Å². The number of hydrogen-bond donors (Lipinski definition) is 1. The monoisotopic (exact) mass is 576 g/mol. The highest BCUT2D eigenvalue weighted by atomic mass is 16.5. The average Bonchev–Trinajstić information content (AvgIpc) is 2.99. The molecular weight excluding hydrogens is 528 g/mol. The van der Waals surface area contributed by atoms with Gasteiger partial charge < -0.3 is 25.0 Å². The molecule has 3 N–H and O–H groups in total. The third-order valence-electron chi connectivity index (χ3n) is 8.17. The molecule has 0 radical (unpaired) electrons. The lowest BCUT2D eigenvalue weighted by Gasteiger charge is -2.33. The summed E-state index contributed by atoms with van der Waals surface area (Å²) in [4.78, 5) is 17.3. The zero-order chi connectivity index (χ0) is 29.5. The molecular formula is C35H48N2O5. The smallest absolute Gasteiger partial charge is 0.306 e. The average molecular weight is 577 g/mol. The van der Waals surface area contributed by atoms with E-state index in [0.717, 1.165) is 58.6 Å². The summed E-state index contributed by atoms with van der Waals surface area (Å²) in [7, 11) is 2.16. The number of para-hydroxylation sites is 1. The van der Waals surface area contributed by atoms with E-state index in [2.05, 4.69) is 62.2 Å². The molecule has 0 saturated carbocycles. The van der Waals surface area contributed by atoms with Crippen molar-refractivity contribution in [3.63, 3.8) is 0 Å². The van der Waals surface area contributed by atoms with Gasteiger partial charge in [-0.3, -0.25) is 9.69 Å². The number of aliphatic hydroxyl groups excluding tert-OH is 1. The minimum atomic E-state index is -0.293. The molecule has 0 amide bonds. The van der Waals surface area contributed by atoms with Crippen LogP contribution in [0.5, 0.6) is 5.75 Å². The fourth-order valence-electron chi connectivity index (χ4n) is 5.93. The number of esters is 1. The topological polar surface area (TPSA) is 93.7 Å². The molecule has 1 unspecified atom stereocenters. The lowest BCUT2D eigenvalue weighted by molar-refractivity contribution is -0.143. The number of carbonyl (C=O) groups excluding carboxylic acids is 1. The van der Waals surface area contributed by atoms with Gasteiger partial charge in [-0.2, -0.15) is 0 Å². The molecule has 0 spiro atoms. The summed E-state index contributed by atoms with van der Waals surface area (Å²) in [5, 5.41) is 10.5. The number of aryl methyl sites for hydroxylation is 2. The lowest BCUT2D eigenvalue weighted by Crippen LogP contribution is -2.34. The first-order chi connectivity index (χ1) is 19.9. The number of likely N-dealkylation sites (N-methyl/N-ethyl adjacent to an activating group) is 1. The molecule has 0 aliphatic carbocycles. The fourth-order valence-corrected chi connectivity index (χ4v) is 5.93. The second kappa shape index (κ2) is 15.3. The fraction of sp³-hybridized carbons (Fsp3) is 0.457. The Kier molecular flexibility index (Phi) is 12.1. The Balaban J connectivity index is 0.00000158. The van der Waals surface area contributed by atoms with Gasteiger partial charge in [-0.1, -0.05) is 62.4 Å². The van der Waals surface area contributed by atoms with Crippen LogP contribution >= 0.6 is 0 Å². The molecule has 7 nitrogen and oxygen atoms in total. The van der Waals surface area contributed by atoms with Crippen molar-refractivity contribution in [1.29, 1.82) is 0 Å². The van der Waals surface area contributed by atoms with Crippen LogP contribution in [0.25, 0.3) is 0 Å². The number of aliphatic hydroxyl groups is 1. The predicted octanol–water partition coefficient (Wildman–Crippen LogP) is 5.46. The van der Waals surface area contributed by atoms with Crippen LogP contribution in [0.1, 0.15) is 83.7 Å². The van der Waals surface area contributed by atoms with E-state index in [0.29, 0.717) is 19.7 Å². The molecule has 4 bridgehead atoms. The van der Waals surface area contributed by atoms with Gasteiger partial charge >= 0.3 is 5.97 Å². The Morgan fingerprint density at radius 3 is 2.43 bits per heavy atom. The largest absolute Gasteiger partial charge is 0.484 e. The summed E-state index contributed by atoms with van der Waals surface area (Å²) >= 11 is 0. The van der Waals surface area contributed by atoms with Crippen molar-refractivity contribution in [2.45, 2.75) is 72.6 Å². The van der Waals surface area contributed by atoms with Gasteiger partial charge in [-0.25, -0.2) is 0 Å². The third kappa shape index (κ3) is 7.58. The van der Waals surface area contributed by atoms with Crippen LogP contribution in [0.3, 0.4) is 0 Å².